The number of carbonyl (C=O) groups excluding carboxylic acids is 1. The minimum Gasteiger partial charge on any atom is -0.397 e. The van der Waals surface area contributed by atoms with Crippen molar-refractivity contribution in [2.24, 2.45) is 0 Å². The van der Waals surface area contributed by atoms with Crippen LogP contribution in [0.3, 0.4) is 0 Å². The molecule has 92 valence electrons. The van der Waals surface area contributed by atoms with Crippen LogP contribution in [0.1, 0.15) is 34.6 Å². The maximum absolute atomic E-state index is 12.5. The summed E-state index contributed by atoms with van der Waals surface area (Å²) in [6.07, 6.45) is 0. The number of hydrogen-bond donors (Lipinski definition) is 2. The molecule has 0 spiro atoms. The molecule has 0 bridgehead atoms. The normalized spacial score (nSPS) is 7.88. The smallest absolute Gasteiger partial charge is 0.221 e. The van der Waals surface area contributed by atoms with Gasteiger partial charge in [0.1, 0.15) is 5.82 Å². The van der Waals surface area contributed by atoms with Crippen LogP contribution in [0.5, 0.6) is 0 Å². The first-order valence-electron chi connectivity index (χ1n) is 5.42. The van der Waals surface area contributed by atoms with Crippen molar-refractivity contribution < 1.29 is 9.18 Å². The summed E-state index contributed by atoms with van der Waals surface area (Å²) in [5.74, 6) is -0.644. The monoisotopic (exact) mass is 228 g/mol. The van der Waals surface area contributed by atoms with Gasteiger partial charge in [-0.05, 0) is 18.2 Å². The number of carbonyl (C=O) groups is 1. The number of rotatable bonds is 1. The first-order valence-corrected chi connectivity index (χ1v) is 5.42. The highest BCUT2D eigenvalue weighted by molar-refractivity contribution is 5.92. The van der Waals surface area contributed by atoms with Gasteiger partial charge in [-0.25, -0.2) is 4.39 Å². The Hall–Kier alpha value is -1.58. The molecule has 16 heavy (non-hydrogen) atoms. The van der Waals surface area contributed by atoms with E-state index in [1.807, 2.05) is 27.7 Å². The molecule has 0 saturated heterocycles. The highest BCUT2D eigenvalue weighted by Crippen LogP contribution is 2.18. The van der Waals surface area contributed by atoms with Crippen molar-refractivity contribution in [3.8, 4) is 0 Å². The molecule has 1 amide bonds. The first-order chi connectivity index (χ1) is 7.59. The van der Waals surface area contributed by atoms with Crippen LogP contribution >= 0.6 is 0 Å². The molecular weight excluding hydrogens is 207 g/mol. The topological polar surface area (TPSA) is 55.1 Å². The first kappa shape index (κ1) is 16.8. The van der Waals surface area contributed by atoms with Crippen molar-refractivity contribution in [3.05, 3.63) is 24.0 Å². The minimum atomic E-state index is -0.415. The summed E-state index contributed by atoms with van der Waals surface area (Å²) in [5, 5.41) is 2.47. The van der Waals surface area contributed by atoms with Crippen molar-refractivity contribution >= 4 is 17.3 Å². The van der Waals surface area contributed by atoms with Gasteiger partial charge in [-0.15, -0.1) is 0 Å². The summed E-state index contributed by atoms with van der Waals surface area (Å²) in [5.41, 5.74) is 6.08. The Morgan fingerprint density at radius 2 is 1.75 bits per heavy atom. The fraction of sp³-hybridized carbons (Fsp3) is 0.417. The van der Waals surface area contributed by atoms with E-state index >= 15 is 0 Å². The molecule has 0 aromatic heterocycles. The van der Waals surface area contributed by atoms with Gasteiger partial charge in [-0.2, -0.15) is 0 Å². The predicted molar refractivity (Wildman–Crippen MR) is 67.8 cm³/mol. The van der Waals surface area contributed by atoms with Gasteiger partial charge in [-0.1, -0.05) is 27.7 Å². The van der Waals surface area contributed by atoms with Crippen LogP contribution in [0, 0.1) is 5.82 Å². The molecule has 0 aliphatic heterocycles. The van der Waals surface area contributed by atoms with E-state index in [2.05, 4.69) is 5.32 Å². The van der Waals surface area contributed by atoms with Crippen LogP contribution in [0.15, 0.2) is 18.2 Å². The van der Waals surface area contributed by atoms with Gasteiger partial charge in [0.15, 0.2) is 0 Å². The molecule has 0 atom stereocenters. The summed E-state index contributed by atoms with van der Waals surface area (Å²) in [7, 11) is 0. The molecule has 4 heteroatoms. The summed E-state index contributed by atoms with van der Waals surface area (Å²) >= 11 is 0. The quantitative estimate of drug-likeness (QED) is 0.723. The van der Waals surface area contributed by atoms with Crippen molar-refractivity contribution in [1.82, 2.24) is 0 Å². The second kappa shape index (κ2) is 9.96. The summed E-state index contributed by atoms with van der Waals surface area (Å²) in [6, 6.07) is 3.82. The number of nitrogens with one attached hydrogen (secondary N) is 1. The summed E-state index contributed by atoms with van der Waals surface area (Å²) in [4.78, 5) is 10.6. The van der Waals surface area contributed by atoms with E-state index in [9.17, 15) is 9.18 Å². The molecule has 0 radical (unpaired) electrons. The molecule has 1 aromatic rings. The predicted octanol–water partition coefficient (Wildman–Crippen LogP) is 3.42. The number of hydrogen-bond acceptors (Lipinski definition) is 2. The Morgan fingerprint density at radius 1 is 1.25 bits per heavy atom. The van der Waals surface area contributed by atoms with Crippen LogP contribution in [-0.2, 0) is 4.79 Å². The molecule has 0 aliphatic rings. The molecule has 1 aromatic carbocycles. The second-order valence-electron chi connectivity index (χ2n) is 2.41. The van der Waals surface area contributed by atoms with Crippen LogP contribution in [0.25, 0.3) is 0 Å². The maximum Gasteiger partial charge on any atom is 0.221 e. The zero-order valence-electron chi connectivity index (χ0n) is 10.6. The second-order valence-corrected chi connectivity index (χ2v) is 2.41. The molecular formula is C12H21FN2O. The van der Waals surface area contributed by atoms with E-state index in [1.54, 1.807) is 0 Å². The van der Waals surface area contributed by atoms with Gasteiger partial charge >= 0.3 is 0 Å². The average molecular weight is 228 g/mol. The zero-order chi connectivity index (χ0) is 13.1. The largest absolute Gasteiger partial charge is 0.397 e. The minimum absolute atomic E-state index is 0.227. The highest BCUT2D eigenvalue weighted by Gasteiger charge is 2.00. The summed E-state index contributed by atoms with van der Waals surface area (Å²) in [6.45, 7) is 9.36. The maximum atomic E-state index is 12.5. The Bertz CT molecular complexity index is 314. The highest BCUT2D eigenvalue weighted by atomic mass is 19.1. The Morgan fingerprint density at radius 3 is 2.12 bits per heavy atom. The molecule has 3 N–H and O–H groups in total. The molecule has 3 nitrogen and oxygen atoms in total. The van der Waals surface area contributed by atoms with Gasteiger partial charge in [0.2, 0.25) is 5.91 Å². The third-order valence-corrected chi connectivity index (χ3v) is 1.32. The molecule has 1 rings (SSSR count). The van der Waals surface area contributed by atoms with E-state index in [4.69, 9.17) is 5.73 Å². The van der Waals surface area contributed by atoms with Crippen molar-refractivity contribution in [3.63, 3.8) is 0 Å². The number of anilines is 2. The molecule has 0 aliphatic carbocycles. The van der Waals surface area contributed by atoms with E-state index in [1.165, 1.54) is 19.1 Å². The molecule has 0 saturated carbocycles. The third kappa shape index (κ3) is 6.81. The van der Waals surface area contributed by atoms with E-state index < -0.39 is 5.82 Å². The van der Waals surface area contributed by atoms with Crippen LogP contribution in [0.4, 0.5) is 15.8 Å². The van der Waals surface area contributed by atoms with E-state index in [0.717, 1.165) is 6.07 Å². The Labute approximate surface area is 96.8 Å². The average Bonchev–Trinajstić information content (AvgIpc) is 2.28. The molecule has 0 unspecified atom stereocenters. The number of nitrogen functional groups attached to an aromatic ring is 1. The van der Waals surface area contributed by atoms with E-state index in [0.29, 0.717) is 5.69 Å². The lowest BCUT2D eigenvalue weighted by Crippen LogP contribution is -2.07. The van der Waals surface area contributed by atoms with Gasteiger partial charge in [0.25, 0.3) is 0 Å². The number of benzene rings is 1. The van der Waals surface area contributed by atoms with Crippen molar-refractivity contribution in [2.45, 2.75) is 34.6 Å². The van der Waals surface area contributed by atoms with Gasteiger partial charge < -0.3 is 11.1 Å². The SMILES string of the molecule is CC.CC.CC(=O)Nc1ccc(F)cc1N. The van der Waals surface area contributed by atoms with Crippen LogP contribution in [-0.4, -0.2) is 5.91 Å². The zero-order valence-corrected chi connectivity index (χ0v) is 10.6. The lowest BCUT2D eigenvalue weighted by molar-refractivity contribution is -0.114. The fourth-order valence-electron chi connectivity index (χ4n) is 0.837. The van der Waals surface area contributed by atoms with Crippen LogP contribution in [0.2, 0.25) is 0 Å². The molecule has 0 heterocycles. The Balaban J connectivity index is 0. The van der Waals surface area contributed by atoms with Crippen molar-refractivity contribution in [2.75, 3.05) is 11.1 Å². The fourth-order valence-corrected chi connectivity index (χ4v) is 0.837. The third-order valence-electron chi connectivity index (χ3n) is 1.32. The number of nitrogens with two attached hydrogens (primary N) is 1. The van der Waals surface area contributed by atoms with E-state index in [-0.39, 0.29) is 11.6 Å². The lowest BCUT2D eigenvalue weighted by Gasteiger charge is -2.04. The van der Waals surface area contributed by atoms with Crippen LogP contribution < -0.4 is 11.1 Å². The lowest BCUT2D eigenvalue weighted by atomic mass is 10.2. The Kier molecular flexibility index (Phi) is 10.5. The van der Waals surface area contributed by atoms with Gasteiger partial charge in [0.05, 0.1) is 11.4 Å². The number of amides is 1. The van der Waals surface area contributed by atoms with Gasteiger partial charge in [0, 0.05) is 6.92 Å². The standard InChI is InChI=1S/C8H9FN2O.2C2H6/c1-5(12)11-8-3-2-6(9)4-7(8)10;2*1-2/h2-4H,10H2,1H3,(H,11,12);2*1-2H3. The van der Waals surface area contributed by atoms with Crippen molar-refractivity contribution in [1.29, 1.82) is 0 Å². The summed E-state index contributed by atoms with van der Waals surface area (Å²) < 4.78 is 12.5. The van der Waals surface area contributed by atoms with Gasteiger partial charge in [-0.3, -0.25) is 4.79 Å². The molecule has 0 fully saturated rings. The number of halogens is 1.